The van der Waals surface area contributed by atoms with Crippen LogP contribution < -0.4 is 9.62 Å². The van der Waals surface area contributed by atoms with Crippen LogP contribution in [0.5, 0.6) is 0 Å². The molecule has 0 radical (unpaired) electrons. The first-order chi connectivity index (χ1) is 16.0. The number of carbonyl (C=O) groups is 2. The molecule has 2 rings (SSSR count). The number of aryl methyl sites for hydroxylation is 1. The predicted octanol–water partition coefficient (Wildman–Crippen LogP) is 3.62. The number of nitrogens with one attached hydrogen (secondary N) is 1. The lowest BCUT2D eigenvalue weighted by atomic mass is 10.1. The molecule has 0 aliphatic carbocycles. The number of benzene rings is 2. The molecule has 1 N–H and O–H groups in total. The molecule has 1 atom stereocenters. The molecule has 0 spiro atoms. The van der Waals surface area contributed by atoms with Crippen molar-refractivity contribution >= 4 is 27.5 Å². The number of hydrogen-bond donors (Lipinski definition) is 1. The molecule has 2 aromatic carbocycles. The van der Waals surface area contributed by atoms with E-state index in [9.17, 15) is 22.4 Å². The van der Waals surface area contributed by atoms with Crippen LogP contribution in [0.1, 0.15) is 44.2 Å². The van der Waals surface area contributed by atoms with E-state index in [1.165, 1.54) is 29.2 Å². The Bertz CT molecular complexity index is 1070. The van der Waals surface area contributed by atoms with Gasteiger partial charge in [-0.05, 0) is 62.1 Å². The van der Waals surface area contributed by atoms with Crippen LogP contribution in [-0.4, -0.2) is 50.5 Å². The smallest absolute Gasteiger partial charge is 0.242 e. The van der Waals surface area contributed by atoms with Gasteiger partial charge in [-0.1, -0.05) is 31.2 Å². The fourth-order valence-electron chi connectivity index (χ4n) is 3.56. The van der Waals surface area contributed by atoms with E-state index in [2.05, 4.69) is 5.32 Å². The standard InChI is InChI=1S/C25H34FN3O4S/c1-5-16-27-25(31)20(3)28(18-21-10-7-6-9-19(21)2)24(30)11-8-17-29(34(4,32)33)23-14-12-22(26)13-15-23/h6-7,9-10,12-15,20H,5,8,11,16-18H2,1-4H3,(H,27,31)/t20-/m0/s1. The highest BCUT2D eigenvalue weighted by Gasteiger charge is 2.26. The van der Waals surface area contributed by atoms with Crippen molar-refractivity contribution in [2.45, 2.75) is 52.6 Å². The van der Waals surface area contributed by atoms with E-state index in [0.717, 1.165) is 28.1 Å². The predicted molar refractivity (Wildman–Crippen MR) is 132 cm³/mol. The van der Waals surface area contributed by atoms with Gasteiger partial charge in [-0.15, -0.1) is 0 Å². The Morgan fingerprint density at radius 2 is 1.74 bits per heavy atom. The Balaban J connectivity index is 2.15. The van der Waals surface area contributed by atoms with Gasteiger partial charge in [0.1, 0.15) is 11.9 Å². The third-order valence-electron chi connectivity index (χ3n) is 5.59. The van der Waals surface area contributed by atoms with Gasteiger partial charge in [-0.3, -0.25) is 13.9 Å². The molecular weight excluding hydrogens is 457 g/mol. The molecule has 0 bridgehead atoms. The van der Waals surface area contributed by atoms with Crippen molar-refractivity contribution in [3.63, 3.8) is 0 Å². The van der Waals surface area contributed by atoms with Crippen LogP contribution in [0.15, 0.2) is 48.5 Å². The van der Waals surface area contributed by atoms with E-state index in [0.29, 0.717) is 12.2 Å². The largest absolute Gasteiger partial charge is 0.354 e. The molecule has 0 aliphatic heterocycles. The zero-order valence-corrected chi connectivity index (χ0v) is 21.1. The third kappa shape index (κ3) is 7.83. The lowest BCUT2D eigenvalue weighted by Crippen LogP contribution is -2.48. The van der Waals surface area contributed by atoms with Gasteiger partial charge >= 0.3 is 0 Å². The van der Waals surface area contributed by atoms with Crippen molar-refractivity contribution in [2.75, 3.05) is 23.7 Å². The molecular formula is C25H34FN3O4S. The van der Waals surface area contributed by atoms with Crippen LogP contribution in [0.3, 0.4) is 0 Å². The quantitative estimate of drug-likeness (QED) is 0.491. The molecule has 0 saturated carbocycles. The van der Waals surface area contributed by atoms with E-state index >= 15 is 0 Å². The molecule has 9 heteroatoms. The molecule has 0 unspecified atom stereocenters. The van der Waals surface area contributed by atoms with Gasteiger partial charge in [0.25, 0.3) is 0 Å². The second kappa shape index (κ2) is 12.5. The summed E-state index contributed by atoms with van der Waals surface area (Å²) in [5, 5.41) is 2.84. The minimum atomic E-state index is -3.62. The molecule has 34 heavy (non-hydrogen) atoms. The average Bonchev–Trinajstić information content (AvgIpc) is 2.79. The van der Waals surface area contributed by atoms with Gasteiger partial charge in [0, 0.05) is 26.1 Å². The normalized spacial score (nSPS) is 12.1. The Morgan fingerprint density at radius 1 is 1.09 bits per heavy atom. The van der Waals surface area contributed by atoms with Gasteiger partial charge in [0.05, 0.1) is 11.9 Å². The van der Waals surface area contributed by atoms with Crippen molar-refractivity contribution in [1.29, 1.82) is 0 Å². The summed E-state index contributed by atoms with van der Waals surface area (Å²) in [6.45, 7) is 6.46. The van der Waals surface area contributed by atoms with Crippen LogP contribution in [0.2, 0.25) is 0 Å². The molecule has 2 amide bonds. The van der Waals surface area contributed by atoms with E-state index in [1.54, 1.807) is 6.92 Å². The number of amides is 2. The summed E-state index contributed by atoms with van der Waals surface area (Å²) in [5.41, 5.74) is 2.29. The van der Waals surface area contributed by atoms with E-state index in [4.69, 9.17) is 0 Å². The first kappa shape index (κ1) is 27.3. The number of halogens is 1. The highest BCUT2D eigenvalue weighted by molar-refractivity contribution is 7.92. The van der Waals surface area contributed by atoms with Gasteiger partial charge in [-0.2, -0.15) is 0 Å². The first-order valence-corrected chi connectivity index (χ1v) is 13.2. The fourth-order valence-corrected chi connectivity index (χ4v) is 4.53. The zero-order valence-electron chi connectivity index (χ0n) is 20.3. The number of nitrogens with zero attached hydrogens (tertiary/aromatic N) is 2. The minimum absolute atomic E-state index is 0.0600. The van der Waals surface area contributed by atoms with Gasteiger partial charge in [0.15, 0.2) is 0 Å². The number of rotatable bonds is 12. The van der Waals surface area contributed by atoms with Crippen molar-refractivity contribution in [2.24, 2.45) is 0 Å². The summed E-state index contributed by atoms with van der Waals surface area (Å²) in [7, 11) is -3.62. The highest BCUT2D eigenvalue weighted by atomic mass is 32.2. The second-order valence-corrected chi connectivity index (χ2v) is 10.2. The lowest BCUT2D eigenvalue weighted by Gasteiger charge is -2.30. The second-order valence-electron chi connectivity index (χ2n) is 8.33. The average molecular weight is 492 g/mol. The van der Waals surface area contributed by atoms with Gasteiger partial charge < -0.3 is 10.2 Å². The van der Waals surface area contributed by atoms with E-state index in [1.807, 2.05) is 38.1 Å². The summed E-state index contributed by atoms with van der Waals surface area (Å²) in [4.78, 5) is 27.4. The SMILES string of the molecule is CCCNC(=O)[C@H](C)N(Cc1ccccc1C)C(=O)CCCN(c1ccc(F)cc1)S(C)(=O)=O. The molecule has 0 saturated heterocycles. The van der Waals surface area contributed by atoms with E-state index < -0.39 is 21.9 Å². The third-order valence-corrected chi connectivity index (χ3v) is 6.78. The molecule has 7 nitrogen and oxygen atoms in total. The van der Waals surface area contributed by atoms with Crippen LogP contribution >= 0.6 is 0 Å². The van der Waals surface area contributed by atoms with Crippen molar-refractivity contribution in [1.82, 2.24) is 10.2 Å². The Kier molecular flexibility index (Phi) is 10.0. The Hall–Kier alpha value is -2.94. The van der Waals surface area contributed by atoms with Crippen LogP contribution in [0.25, 0.3) is 0 Å². The first-order valence-electron chi connectivity index (χ1n) is 11.4. The molecule has 186 valence electrons. The number of carbonyl (C=O) groups excluding carboxylic acids is 2. The maximum Gasteiger partial charge on any atom is 0.242 e. The highest BCUT2D eigenvalue weighted by Crippen LogP contribution is 2.20. The summed E-state index contributed by atoms with van der Waals surface area (Å²) in [6, 6.07) is 12.2. The monoisotopic (exact) mass is 491 g/mol. The fraction of sp³-hybridized carbons (Fsp3) is 0.440. The Labute approximate surface area is 202 Å². The van der Waals surface area contributed by atoms with Gasteiger partial charge in [-0.25, -0.2) is 12.8 Å². The number of hydrogen-bond acceptors (Lipinski definition) is 4. The maximum atomic E-state index is 13.3. The molecule has 0 fully saturated rings. The van der Waals surface area contributed by atoms with Crippen LogP contribution in [0.4, 0.5) is 10.1 Å². The van der Waals surface area contributed by atoms with Crippen molar-refractivity contribution in [3.8, 4) is 0 Å². The summed E-state index contributed by atoms with van der Waals surface area (Å²) < 4.78 is 39.0. The van der Waals surface area contributed by atoms with Gasteiger partial charge in [0.2, 0.25) is 21.8 Å². The van der Waals surface area contributed by atoms with Crippen LogP contribution in [0, 0.1) is 12.7 Å². The summed E-state index contributed by atoms with van der Waals surface area (Å²) in [6.07, 6.45) is 2.17. The van der Waals surface area contributed by atoms with Crippen LogP contribution in [-0.2, 0) is 26.2 Å². The minimum Gasteiger partial charge on any atom is -0.354 e. The van der Waals surface area contributed by atoms with E-state index in [-0.39, 0.29) is 37.7 Å². The summed E-state index contributed by atoms with van der Waals surface area (Å²) in [5.74, 6) is -0.933. The topological polar surface area (TPSA) is 86.8 Å². The Morgan fingerprint density at radius 3 is 2.32 bits per heavy atom. The lowest BCUT2D eigenvalue weighted by molar-refractivity contribution is -0.140. The molecule has 0 aromatic heterocycles. The molecule has 2 aromatic rings. The zero-order chi connectivity index (χ0) is 25.3. The maximum absolute atomic E-state index is 13.3. The molecule has 0 heterocycles. The summed E-state index contributed by atoms with van der Waals surface area (Å²) >= 11 is 0. The molecule has 0 aliphatic rings. The number of sulfonamides is 1. The van der Waals surface area contributed by atoms with Crippen molar-refractivity contribution in [3.05, 3.63) is 65.5 Å². The number of anilines is 1. The van der Waals surface area contributed by atoms with Crippen molar-refractivity contribution < 1.29 is 22.4 Å².